The minimum absolute atomic E-state index is 0.146. The van der Waals surface area contributed by atoms with Crippen LogP contribution in [-0.4, -0.2) is 60.5 Å². The SMILES string of the molecule is COc1ccc(C[C@@H](CO)NC(=O)[C@@H](NC(=O)[C@H](Cc2ccc(OCc3ccccc3)cc2)NC(=O)OC(C)(C)C)C(C)C)cc1. The molecule has 0 unspecified atom stereocenters. The molecule has 0 saturated carbocycles. The lowest BCUT2D eigenvalue weighted by Gasteiger charge is -2.28. The van der Waals surface area contributed by atoms with Gasteiger partial charge in [-0.2, -0.15) is 0 Å². The first-order chi connectivity index (χ1) is 21.9. The van der Waals surface area contributed by atoms with Crippen LogP contribution < -0.4 is 25.4 Å². The number of aliphatic hydroxyl groups excluding tert-OH is 1. The summed E-state index contributed by atoms with van der Waals surface area (Å²) in [6, 6.07) is 21.9. The van der Waals surface area contributed by atoms with Crippen molar-refractivity contribution in [1.82, 2.24) is 16.0 Å². The van der Waals surface area contributed by atoms with Gasteiger partial charge in [-0.25, -0.2) is 4.79 Å². The molecule has 10 heteroatoms. The van der Waals surface area contributed by atoms with Crippen LogP contribution in [0.5, 0.6) is 11.5 Å². The van der Waals surface area contributed by atoms with Crippen LogP contribution in [0.3, 0.4) is 0 Å². The van der Waals surface area contributed by atoms with Gasteiger partial charge in [-0.05, 0) is 74.1 Å². The van der Waals surface area contributed by atoms with Gasteiger partial charge in [0.25, 0.3) is 0 Å². The summed E-state index contributed by atoms with van der Waals surface area (Å²) < 4.78 is 16.5. The van der Waals surface area contributed by atoms with Gasteiger partial charge in [0, 0.05) is 6.42 Å². The Balaban J connectivity index is 1.70. The van der Waals surface area contributed by atoms with E-state index in [1.165, 1.54) is 0 Å². The molecule has 0 aromatic heterocycles. The monoisotopic (exact) mass is 633 g/mol. The largest absolute Gasteiger partial charge is 0.497 e. The third-order valence-corrected chi connectivity index (χ3v) is 7.07. The summed E-state index contributed by atoms with van der Waals surface area (Å²) in [6.07, 6.45) is -0.215. The average molecular weight is 634 g/mol. The van der Waals surface area contributed by atoms with E-state index in [4.69, 9.17) is 14.2 Å². The van der Waals surface area contributed by atoms with Crippen molar-refractivity contribution in [3.63, 3.8) is 0 Å². The van der Waals surface area contributed by atoms with E-state index in [2.05, 4.69) is 16.0 Å². The molecule has 3 rings (SSSR count). The maximum Gasteiger partial charge on any atom is 0.408 e. The van der Waals surface area contributed by atoms with Gasteiger partial charge < -0.3 is 35.3 Å². The fraction of sp³-hybridized carbons (Fsp3) is 0.417. The van der Waals surface area contributed by atoms with Crippen molar-refractivity contribution in [2.24, 2.45) is 5.92 Å². The maximum absolute atomic E-state index is 13.7. The lowest BCUT2D eigenvalue weighted by atomic mass is 10.00. The number of alkyl carbamates (subject to hydrolysis) is 1. The highest BCUT2D eigenvalue weighted by Crippen LogP contribution is 2.17. The number of nitrogens with one attached hydrogen (secondary N) is 3. The van der Waals surface area contributed by atoms with Gasteiger partial charge >= 0.3 is 6.09 Å². The van der Waals surface area contributed by atoms with Crippen LogP contribution in [0.4, 0.5) is 4.79 Å². The van der Waals surface area contributed by atoms with Gasteiger partial charge in [-0.15, -0.1) is 0 Å². The number of ether oxygens (including phenoxy) is 3. The van der Waals surface area contributed by atoms with E-state index in [0.717, 1.165) is 16.7 Å². The first-order valence-electron chi connectivity index (χ1n) is 15.5. The molecule has 3 aromatic carbocycles. The molecule has 248 valence electrons. The van der Waals surface area contributed by atoms with Crippen molar-refractivity contribution >= 4 is 17.9 Å². The number of methoxy groups -OCH3 is 1. The zero-order valence-corrected chi connectivity index (χ0v) is 27.5. The van der Waals surface area contributed by atoms with Crippen LogP contribution >= 0.6 is 0 Å². The summed E-state index contributed by atoms with van der Waals surface area (Å²) >= 11 is 0. The summed E-state index contributed by atoms with van der Waals surface area (Å²) in [7, 11) is 1.58. The number of benzene rings is 3. The number of hydrogen-bond acceptors (Lipinski definition) is 7. The Labute approximate surface area is 271 Å². The third kappa shape index (κ3) is 12.1. The Morgan fingerprint density at radius 3 is 1.87 bits per heavy atom. The number of carbonyl (C=O) groups is 3. The maximum atomic E-state index is 13.7. The van der Waals surface area contributed by atoms with Crippen molar-refractivity contribution in [3.8, 4) is 11.5 Å². The highest BCUT2D eigenvalue weighted by atomic mass is 16.6. The quantitative estimate of drug-likeness (QED) is 0.193. The topological polar surface area (TPSA) is 135 Å². The normalized spacial score (nSPS) is 13.2. The Hall–Kier alpha value is -4.57. The van der Waals surface area contributed by atoms with Crippen LogP contribution in [-0.2, 0) is 33.8 Å². The van der Waals surface area contributed by atoms with E-state index in [0.29, 0.717) is 24.5 Å². The molecule has 0 aliphatic heterocycles. The van der Waals surface area contributed by atoms with E-state index in [9.17, 15) is 19.5 Å². The molecule has 0 radical (unpaired) electrons. The van der Waals surface area contributed by atoms with E-state index >= 15 is 0 Å². The molecule has 0 bridgehead atoms. The molecule has 46 heavy (non-hydrogen) atoms. The third-order valence-electron chi connectivity index (χ3n) is 7.07. The molecule has 4 N–H and O–H groups in total. The summed E-state index contributed by atoms with van der Waals surface area (Å²) in [5.41, 5.74) is 1.95. The van der Waals surface area contributed by atoms with Gasteiger partial charge in [0.15, 0.2) is 0 Å². The van der Waals surface area contributed by atoms with Crippen LogP contribution in [0.2, 0.25) is 0 Å². The average Bonchev–Trinajstić information content (AvgIpc) is 3.02. The van der Waals surface area contributed by atoms with Gasteiger partial charge in [0.05, 0.1) is 19.8 Å². The summed E-state index contributed by atoms with van der Waals surface area (Å²) in [5.74, 6) is 0.107. The fourth-order valence-corrected chi connectivity index (χ4v) is 4.64. The van der Waals surface area contributed by atoms with E-state index in [1.807, 2.05) is 92.7 Å². The number of carbonyl (C=O) groups excluding carboxylic acids is 3. The molecule has 3 amide bonds. The molecular formula is C36H47N3O7. The minimum atomic E-state index is -1.03. The Kier molecular flexibility index (Phi) is 13.4. The molecule has 3 aromatic rings. The van der Waals surface area contributed by atoms with Gasteiger partial charge in [-0.3, -0.25) is 9.59 Å². The molecule has 0 aliphatic rings. The Bertz CT molecular complexity index is 1390. The Morgan fingerprint density at radius 1 is 0.739 bits per heavy atom. The predicted molar refractivity (Wildman–Crippen MR) is 177 cm³/mol. The highest BCUT2D eigenvalue weighted by Gasteiger charge is 2.31. The smallest absolute Gasteiger partial charge is 0.408 e. The van der Waals surface area contributed by atoms with Crippen molar-refractivity contribution in [3.05, 3.63) is 95.6 Å². The highest BCUT2D eigenvalue weighted by molar-refractivity contribution is 5.91. The van der Waals surface area contributed by atoms with Crippen molar-refractivity contribution < 1.29 is 33.7 Å². The number of amides is 3. The lowest BCUT2D eigenvalue weighted by Crippen LogP contribution is -2.57. The van der Waals surface area contributed by atoms with Crippen molar-refractivity contribution in [2.45, 2.75) is 77.8 Å². The first kappa shape index (κ1) is 35.9. The lowest BCUT2D eigenvalue weighted by molar-refractivity contribution is -0.131. The van der Waals surface area contributed by atoms with Crippen LogP contribution in [0.25, 0.3) is 0 Å². The summed E-state index contributed by atoms with van der Waals surface area (Å²) in [5, 5.41) is 18.4. The standard InChI is InChI=1S/C36H47N3O7/c1-24(2)32(34(42)37-28(22-40)20-25-12-16-29(44-6)17-13-25)39-33(41)31(38-35(43)46-36(3,4)5)21-26-14-18-30(19-15-26)45-23-27-10-8-7-9-11-27/h7-19,24,28,31-32,40H,20-23H2,1-6H3,(H,37,42)(H,38,43)(H,39,41)/t28-,31-,32-/m0/s1. The second-order valence-electron chi connectivity index (χ2n) is 12.5. The molecule has 0 saturated heterocycles. The zero-order valence-electron chi connectivity index (χ0n) is 27.5. The molecule has 0 heterocycles. The Morgan fingerprint density at radius 2 is 1.33 bits per heavy atom. The van der Waals surface area contributed by atoms with Crippen molar-refractivity contribution in [1.29, 1.82) is 0 Å². The molecule has 0 aliphatic carbocycles. The van der Waals surface area contributed by atoms with Crippen LogP contribution in [0.15, 0.2) is 78.9 Å². The molecule has 10 nitrogen and oxygen atoms in total. The first-order valence-corrected chi connectivity index (χ1v) is 15.5. The van der Waals surface area contributed by atoms with Crippen LogP contribution in [0.1, 0.15) is 51.3 Å². The molecule has 0 fully saturated rings. The van der Waals surface area contributed by atoms with Crippen molar-refractivity contribution in [2.75, 3.05) is 13.7 Å². The molecule has 0 spiro atoms. The zero-order chi connectivity index (χ0) is 33.7. The van der Waals surface area contributed by atoms with E-state index in [1.54, 1.807) is 27.9 Å². The number of aliphatic hydroxyl groups is 1. The number of rotatable bonds is 15. The molecular weight excluding hydrogens is 586 g/mol. The van der Waals surface area contributed by atoms with E-state index < -0.39 is 41.6 Å². The number of hydrogen-bond donors (Lipinski definition) is 4. The van der Waals surface area contributed by atoms with E-state index in [-0.39, 0.29) is 18.9 Å². The van der Waals surface area contributed by atoms with Gasteiger partial charge in [0.1, 0.15) is 35.8 Å². The fourth-order valence-electron chi connectivity index (χ4n) is 4.64. The minimum Gasteiger partial charge on any atom is -0.497 e. The van der Waals surface area contributed by atoms with Gasteiger partial charge in [-0.1, -0.05) is 68.4 Å². The predicted octanol–water partition coefficient (Wildman–Crippen LogP) is 4.57. The van der Waals surface area contributed by atoms with Gasteiger partial charge in [0.2, 0.25) is 11.8 Å². The second-order valence-corrected chi connectivity index (χ2v) is 12.5. The second kappa shape index (κ2) is 17.2. The summed E-state index contributed by atoms with van der Waals surface area (Å²) in [6.45, 7) is 8.96. The summed E-state index contributed by atoms with van der Waals surface area (Å²) in [4.78, 5) is 39.8. The van der Waals surface area contributed by atoms with Crippen LogP contribution in [0, 0.1) is 5.92 Å². The molecule has 3 atom stereocenters.